The van der Waals surface area contributed by atoms with Crippen molar-refractivity contribution >= 4 is 16.1 Å². The lowest BCUT2D eigenvalue weighted by atomic mass is 10.2. The minimum atomic E-state index is -3.60. The maximum atomic E-state index is 12.6. The highest BCUT2D eigenvalue weighted by Crippen LogP contribution is 2.29. The molecule has 0 atom stereocenters. The molecule has 2 aliphatic rings. The molecule has 2 aliphatic heterocycles. The number of aryl methyl sites for hydroxylation is 1. The van der Waals surface area contributed by atoms with Crippen LogP contribution < -0.4 is 5.73 Å². The summed E-state index contributed by atoms with van der Waals surface area (Å²) >= 11 is 0. The Balaban J connectivity index is 1.78. The molecule has 3 rings (SSSR count). The number of sulfonamides is 1. The summed E-state index contributed by atoms with van der Waals surface area (Å²) in [6.45, 7) is 3.19. The van der Waals surface area contributed by atoms with Gasteiger partial charge < -0.3 is 10.6 Å². The predicted molar refractivity (Wildman–Crippen MR) is 75.9 cm³/mol. The molecule has 7 nitrogen and oxygen atoms in total. The van der Waals surface area contributed by atoms with E-state index in [1.165, 1.54) is 15.3 Å². The highest BCUT2D eigenvalue weighted by molar-refractivity contribution is 7.89. The molecule has 2 N–H and O–H groups in total. The number of nitrogens with zero attached hydrogens (tertiary/aromatic N) is 3. The Morgan fingerprint density at radius 1 is 1.19 bits per heavy atom. The number of aromatic nitrogens is 1. The molecule has 0 aliphatic carbocycles. The lowest BCUT2D eigenvalue weighted by molar-refractivity contribution is 0.218. The summed E-state index contributed by atoms with van der Waals surface area (Å²) in [5, 5.41) is 0.0652. The van der Waals surface area contributed by atoms with Crippen molar-refractivity contribution in [1.82, 2.24) is 14.2 Å². The Morgan fingerprint density at radius 2 is 1.81 bits per heavy atom. The van der Waals surface area contributed by atoms with Gasteiger partial charge in [-0.1, -0.05) is 6.07 Å². The van der Waals surface area contributed by atoms with Gasteiger partial charge in [-0.25, -0.2) is 18.2 Å². The van der Waals surface area contributed by atoms with Gasteiger partial charge in [0.05, 0.1) is 0 Å². The van der Waals surface area contributed by atoms with Gasteiger partial charge in [-0.2, -0.15) is 4.31 Å². The molecule has 0 saturated carbocycles. The van der Waals surface area contributed by atoms with Crippen molar-refractivity contribution in [1.29, 1.82) is 0 Å². The molecule has 2 amide bonds. The number of carbonyl (C=O) groups is 1. The van der Waals surface area contributed by atoms with E-state index < -0.39 is 16.1 Å². The first-order valence-electron chi connectivity index (χ1n) is 6.56. The molecule has 0 fully saturated rings. The van der Waals surface area contributed by atoms with Crippen LogP contribution in [0.4, 0.5) is 4.79 Å². The van der Waals surface area contributed by atoms with Gasteiger partial charge in [0.25, 0.3) is 10.0 Å². The van der Waals surface area contributed by atoms with Crippen LogP contribution in [0.5, 0.6) is 0 Å². The SMILES string of the molecule is Cc1cccc(S(=O)(=O)N2CC3=C(CN(C(N)=O)C3)C2)n1. The average molecular weight is 308 g/mol. The third-order valence-electron chi connectivity index (χ3n) is 3.78. The minimum absolute atomic E-state index is 0.0652. The number of rotatable bonds is 2. The highest BCUT2D eigenvalue weighted by atomic mass is 32.2. The first kappa shape index (κ1) is 14.0. The third-order valence-corrected chi connectivity index (χ3v) is 5.47. The first-order chi connectivity index (χ1) is 9.88. The molecule has 8 heteroatoms. The van der Waals surface area contributed by atoms with Crippen molar-refractivity contribution in [2.45, 2.75) is 11.9 Å². The van der Waals surface area contributed by atoms with Crippen molar-refractivity contribution in [3.8, 4) is 0 Å². The summed E-state index contributed by atoms with van der Waals surface area (Å²) < 4.78 is 26.5. The molecule has 0 spiro atoms. The van der Waals surface area contributed by atoms with Gasteiger partial charge in [0.2, 0.25) is 0 Å². The molecular weight excluding hydrogens is 292 g/mol. The van der Waals surface area contributed by atoms with Gasteiger partial charge in [-0.15, -0.1) is 0 Å². The topological polar surface area (TPSA) is 96.6 Å². The van der Waals surface area contributed by atoms with Crippen molar-refractivity contribution < 1.29 is 13.2 Å². The van der Waals surface area contributed by atoms with Gasteiger partial charge in [-0.3, -0.25) is 0 Å². The molecule has 1 aromatic rings. The van der Waals surface area contributed by atoms with Gasteiger partial charge in [0.15, 0.2) is 5.03 Å². The van der Waals surface area contributed by atoms with E-state index in [-0.39, 0.29) is 5.03 Å². The fourth-order valence-electron chi connectivity index (χ4n) is 2.67. The molecule has 0 unspecified atom stereocenters. The van der Waals surface area contributed by atoms with E-state index in [0.29, 0.717) is 31.9 Å². The zero-order valence-electron chi connectivity index (χ0n) is 11.6. The van der Waals surface area contributed by atoms with Crippen molar-refractivity contribution in [2.24, 2.45) is 5.73 Å². The van der Waals surface area contributed by atoms with Crippen molar-refractivity contribution in [3.05, 3.63) is 35.0 Å². The number of hydrogen-bond donors (Lipinski definition) is 1. The quantitative estimate of drug-likeness (QED) is 0.783. The molecule has 0 bridgehead atoms. The molecule has 0 aromatic carbocycles. The van der Waals surface area contributed by atoms with Crippen LogP contribution in [0.2, 0.25) is 0 Å². The second-order valence-electron chi connectivity index (χ2n) is 5.29. The van der Waals surface area contributed by atoms with Crippen LogP contribution in [0.3, 0.4) is 0 Å². The Morgan fingerprint density at radius 3 is 2.33 bits per heavy atom. The number of urea groups is 1. The summed E-state index contributed by atoms with van der Waals surface area (Å²) in [6.07, 6.45) is 0. The monoisotopic (exact) mass is 308 g/mol. The predicted octanol–water partition coefficient (Wildman–Crippen LogP) is 0.0852. The van der Waals surface area contributed by atoms with E-state index in [2.05, 4.69) is 4.98 Å². The summed E-state index contributed by atoms with van der Waals surface area (Å²) in [6, 6.07) is 4.47. The number of amides is 2. The molecule has 112 valence electrons. The summed E-state index contributed by atoms with van der Waals surface area (Å²) in [4.78, 5) is 16.8. The number of pyridine rings is 1. The van der Waals surface area contributed by atoms with Gasteiger partial charge in [0, 0.05) is 31.9 Å². The molecule has 0 saturated heterocycles. The third kappa shape index (κ3) is 2.40. The van der Waals surface area contributed by atoms with Gasteiger partial charge in [0.1, 0.15) is 0 Å². The Labute approximate surface area is 123 Å². The number of primary amides is 1. The van der Waals surface area contributed by atoms with Gasteiger partial charge in [-0.05, 0) is 30.2 Å². The number of nitrogens with two attached hydrogens (primary N) is 1. The smallest absolute Gasteiger partial charge is 0.315 e. The fourth-order valence-corrected chi connectivity index (χ4v) is 4.09. The number of hydrogen-bond acceptors (Lipinski definition) is 4. The van der Waals surface area contributed by atoms with E-state index in [9.17, 15) is 13.2 Å². The van der Waals surface area contributed by atoms with Crippen molar-refractivity contribution in [3.63, 3.8) is 0 Å². The molecule has 21 heavy (non-hydrogen) atoms. The van der Waals surface area contributed by atoms with Crippen LogP contribution in [-0.2, 0) is 10.0 Å². The van der Waals surface area contributed by atoms with E-state index in [0.717, 1.165) is 11.1 Å². The standard InChI is InChI=1S/C13H16N4O3S/c1-9-3-2-4-12(15-9)21(19,20)17-7-10-5-16(13(14)18)6-11(10)8-17/h2-4H,5-8H2,1H3,(H2,14,18). The second-order valence-corrected chi connectivity index (χ2v) is 7.18. The van der Waals surface area contributed by atoms with Gasteiger partial charge >= 0.3 is 6.03 Å². The molecule has 0 radical (unpaired) electrons. The Hall–Kier alpha value is -1.93. The maximum Gasteiger partial charge on any atom is 0.315 e. The molecular formula is C13H16N4O3S. The van der Waals surface area contributed by atoms with Crippen LogP contribution >= 0.6 is 0 Å². The van der Waals surface area contributed by atoms with E-state index in [4.69, 9.17) is 5.73 Å². The highest BCUT2D eigenvalue weighted by Gasteiger charge is 2.37. The lowest BCUT2D eigenvalue weighted by Gasteiger charge is -2.21. The Bertz CT molecular complexity index is 724. The zero-order chi connectivity index (χ0) is 15.2. The van der Waals surface area contributed by atoms with E-state index >= 15 is 0 Å². The van der Waals surface area contributed by atoms with E-state index in [1.807, 2.05) is 0 Å². The first-order valence-corrected chi connectivity index (χ1v) is 8.00. The molecule has 3 heterocycles. The molecule has 1 aromatic heterocycles. The summed E-state index contributed by atoms with van der Waals surface area (Å²) in [7, 11) is -3.60. The number of carbonyl (C=O) groups excluding carboxylic acids is 1. The second kappa shape index (κ2) is 4.81. The Kier molecular flexibility index (Phi) is 3.22. The van der Waals surface area contributed by atoms with Crippen LogP contribution in [0.15, 0.2) is 34.4 Å². The zero-order valence-corrected chi connectivity index (χ0v) is 12.4. The van der Waals surface area contributed by atoms with E-state index in [1.54, 1.807) is 19.1 Å². The largest absolute Gasteiger partial charge is 0.351 e. The minimum Gasteiger partial charge on any atom is -0.351 e. The van der Waals surface area contributed by atoms with Crippen LogP contribution in [0.25, 0.3) is 0 Å². The summed E-state index contributed by atoms with van der Waals surface area (Å²) in [5.74, 6) is 0. The van der Waals surface area contributed by atoms with Crippen LogP contribution in [-0.4, -0.2) is 54.8 Å². The normalized spacial score (nSPS) is 19.2. The van der Waals surface area contributed by atoms with Crippen LogP contribution in [0, 0.1) is 6.92 Å². The maximum absolute atomic E-state index is 12.6. The lowest BCUT2D eigenvalue weighted by Crippen LogP contribution is -2.38. The van der Waals surface area contributed by atoms with Crippen LogP contribution in [0.1, 0.15) is 5.69 Å². The average Bonchev–Trinajstić information content (AvgIpc) is 2.96. The summed E-state index contributed by atoms with van der Waals surface area (Å²) in [5.41, 5.74) is 7.84. The fraction of sp³-hybridized carbons (Fsp3) is 0.385. The van der Waals surface area contributed by atoms with Crippen molar-refractivity contribution in [2.75, 3.05) is 26.2 Å².